The van der Waals surface area contributed by atoms with Crippen LogP contribution in [0.15, 0.2) is 18.2 Å². The molecule has 2 rings (SSSR count). The number of nitrogens with two attached hydrogens (primary N) is 2. The molecule has 0 fully saturated rings. The highest BCUT2D eigenvalue weighted by Crippen LogP contribution is 2.32. The summed E-state index contributed by atoms with van der Waals surface area (Å²) in [6.07, 6.45) is -0.541. The van der Waals surface area contributed by atoms with Crippen molar-refractivity contribution in [3.63, 3.8) is 0 Å². The highest BCUT2D eigenvalue weighted by Gasteiger charge is 2.22. The highest BCUT2D eigenvalue weighted by atomic mass is 16.5. The maximum Gasteiger partial charge on any atom is 0.264 e. The number of ether oxygens (including phenoxy) is 1. The Hall–Kier alpha value is -1.59. The van der Waals surface area contributed by atoms with Gasteiger partial charge < -0.3 is 21.1 Å². The van der Waals surface area contributed by atoms with E-state index in [2.05, 4.69) is 0 Å². The molecule has 0 unspecified atom stereocenters. The van der Waals surface area contributed by atoms with Crippen LogP contribution in [-0.4, -0.2) is 19.6 Å². The summed E-state index contributed by atoms with van der Waals surface area (Å²) in [7, 11) is 1.70. The van der Waals surface area contributed by atoms with E-state index >= 15 is 0 Å². The average molecular weight is 207 g/mol. The molecule has 4 N–H and O–H groups in total. The third-order valence-corrected chi connectivity index (χ3v) is 2.45. The van der Waals surface area contributed by atoms with Crippen LogP contribution in [0.25, 0.3) is 0 Å². The highest BCUT2D eigenvalue weighted by molar-refractivity contribution is 5.97. The van der Waals surface area contributed by atoms with Crippen molar-refractivity contribution in [1.29, 1.82) is 0 Å². The van der Waals surface area contributed by atoms with Gasteiger partial charge in [-0.25, -0.2) is 0 Å². The Bertz CT molecular complexity index is 404. The third kappa shape index (κ3) is 1.67. The summed E-state index contributed by atoms with van der Waals surface area (Å²) in [5.74, 6) is 0.603. The molecule has 0 radical (unpaired) electrons. The van der Waals surface area contributed by atoms with Gasteiger partial charge in [-0.3, -0.25) is 4.79 Å². The Morgan fingerprint density at radius 3 is 2.87 bits per heavy atom. The van der Waals surface area contributed by atoms with Crippen molar-refractivity contribution in [3.8, 4) is 5.75 Å². The lowest BCUT2D eigenvalue weighted by Crippen LogP contribution is -2.35. The lowest BCUT2D eigenvalue weighted by atomic mass is 10.1. The van der Waals surface area contributed by atoms with Crippen LogP contribution < -0.4 is 21.1 Å². The van der Waals surface area contributed by atoms with E-state index in [0.29, 0.717) is 11.4 Å². The molecular formula is C10H13N3O2. The molecule has 1 aromatic carbocycles. The Morgan fingerprint density at radius 1 is 1.47 bits per heavy atom. The Kier molecular flexibility index (Phi) is 2.34. The third-order valence-electron chi connectivity index (χ3n) is 2.45. The van der Waals surface area contributed by atoms with Crippen molar-refractivity contribution in [1.82, 2.24) is 0 Å². The molecule has 0 spiro atoms. The van der Waals surface area contributed by atoms with Gasteiger partial charge in [0, 0.05) is 7.05 Å². The molecule has 1 amide bonds. The lowest BCUT2D eigenvalue weighted by Gasteiger charge is -2.26. The number of hydrogen-bond acceptors (Lipinski definition) is 4. The van der Waals surface area contributed by atoms with Gasteiger partial charge in [-0.15, -0.1) is 0 Å². The Morgan fingerprint density at radius 2 is 2.20 bits per heavy atom. The maximum atomic E-state index is 11.4. The molecular weight excluding hydrogens is 194 g/mol. The minimum absolute atomic E-state index is 0.0785. The van der Waals surface area contributed by atoms with E-state index < -0.39 is 6.17 Å². The van der Waals surface area contributed by atoms with Crippen molar-refractivity contribution in [2.24, 2.45) is 11.5 Å². The zero-order valence-electron chi connectivity index (χ0n) is 8.43. The fraction of sp³-hybridized carbons (Fsp3) is 0.300. The maximum absolute atomic E-state index is 11.4. The molecule has 1 heterocycles. The van der Waals surface area contributed by atoms with Gasteiger partial charge >= 0.3 is 0 Å². The molecule has 0 atom stereocenters. The smallest absolute Gasteiger partial charge is 0.264 e. The second kappa shape index (κ2) is 3.52. The molecule has 0 saturated carbocycles. The quantitative estimate of drug-likeness (QED) is 0.633. The van der Waals surface area contributed by atoms with E-state index in [-0.39, 0.29) is 12.5 Å². The Balaban J connectivity index is 2.45. The van der Waals surface area contributed by atoms with Crippen molar-refractivity contribution in [3.05, 3.63) is 23.8 Å². The van der Waals surface area contributed by atoms with Crippen molar-refractivity contribution < 1.29 is 9.53 Å². The molecule has 15 heavy (non-hydrogen) atoms. The van der Waals surface area contributed by atoms with E-state index in [0.717, 1.165) is 5.56 Å². The molecule has 0 aliphatic carbocycles. The fourth-order valence-electron chi connectivity index (χ4n) is 1.50. The first-order chi connectivity index (χ1) is 7.09. The summed E-state index contributed by atoms with van der Waals surface area (Å²) < 4.78 is 5.27. The van der Waals surface area contributed by atoms with Crippen molar-refractivity contribution in [2.45, 2.75) is 6.17 Å². The number of benzene rings is 1. The number of carbonyl (C=O) groups is 1. The molecule has 5 nitrogen and oxygen atoms in total. The van der Waals surface area contributed by atoms with Crippen LogP contribution in [0.5, 0.6) is 5.75 Å². The van der Waals surface area contributed by atoms with Gasteiger partial charge in [0.25, 0.3) is 5.91 Å². The van der Waals surface area contributed by atoms with E-state index in [4.69, 9.17) is 16.2 Å². The van der Waals surface area contributed by atoms with E-state index in [1.807, 2.05) is 0 Å². The molecule has 1 aliphatic rings. The molecule has 5 heteroatoms. The normalized spacial score (nSPS) is 15.2. The summed E-state index contributed by atoms with van der Waals surface area (Å²) in [6.45, 7) is 0.0809. The number of nitrogens with zero attached hydrogens (tertiary/aromatic N) is 1. The molecule has 0 saturated heterocycles. The van der Waals surface area contributed by atoms with Gasteiger partial charge in [0.2, 0.25) is 0 Å². The van der Waals surface area contributed by atoms with Crippen LogP contribution >= 0.6 is 0 Å². The minimum Gasteiger partial charge on any atom is -0.482 e. The first-order valence-electron chi connectivity index (χ1n) is 4.64. The molecule has 1 aliphatic heterocycles. The number of carbonyl (C=O) groups excluding carboxylic acids is 1. The summed E-state index contributed by atoms with van der Waals surface area (Å²) in [4.78, 5) is 12.9. The van der Waals surface area contributed by atoms with Gasteiger partial charge in [-0.05, 0) is 17.7 Å². The molecule has 80 valence electrons. The van der Waals surface area contributed by atoms with E-state index in [9.17, 15) is 4.79 Å². The predicted molar refractivity (Wildman–Crippen MR) is 56.5 cm³/mol. The van der Waals surface area contributed by atoms with Crippen LogP contribution in [0.2, 0.25) is 0 Å². The van der Waals surface area contributed by atoms with Gasteiger partial charge in [-0.2, -0.15) is 0 Å². The van der Waals surface area contributed by atoms with Crippen LogP contribution in [0.4, 0.5) is 5.69 Å². The van der Waals surface area contributed by atoms with Crippen LogP contribution in [0.1, 0.15) is 11.7 Å². The summed E-state index contributed by atoms with van der Waals surface area (Å²) >= 11 is 0. The molecule has 0 bridgehead atoms. The summed E-state index contributed by atoms with van der Waals surface area (Å²) in [6, 6.07) is 5.35. The van der Waals surface area contributed by atoms with Crippen LogP contribution in [-0.2, 0) is 4.79 Å². The van der Waals surface area contributed by atoms with E-state index in [1.165, 1.54) is 0 Å². The van der Waals surface area contributed by atoms with Crippen LogP contribution in [0.3, 0.4) is 0 Å². The number of amides is 1. The monoisotopic (exact) mass is 207 g/mol. The first-order valence-corrected chi connectivity index (χ1v) is 4.64. The average Bonchev–Trinajstić information content (AvgIpc) is 2.23. The van der Waals surface area contributed by atoms with Gasteiger partial charge in [0.05, 0.1) is 11.9 Å². The largest absolute Gasteiger partial charge is 0.482 e. The summed E-state index contributed by atoms with van der Waals surface area (Å²) in [5.41, 5.74) is 12.6. The SMILES string of the molecule is CN1C(=O)COc2ccc(C(N)N)cc21. The van der Waals surface area contributed by atoms with Crippen molar-refractivity contribution in [2.75, 3.05) is 18.6 Å². The number of anilines is 1. The number of hydrogen-bond donors (Lipinski definition) is 2. The standard InChI is InChI=1S/C10H13N3O2/c1-13-7-4-6(10(11)12)2-3-8(7)15-5-9(13)14/h2-4,10H,5,11-12H2,1H3. The van der Waals surface area contributed by atoms with Gasteiger partial charge in [0.15, 0.2) is 6.61 Å². The fourth-order valence-corrected chi connectivity index (χ4v) is 1.50. The van der Waals surface area contributed by atoms with E-state index in [1.54, 1.807) is 30.1 Å². The lowest BCUT2D eigenvalue weighted by molar-refractivity contribution is -0.120. The second-order valence-corrected chi connectivity index (χ2v) is 3.49. The number of rotatable bonds is 1. The number of likely N-dealkylation sites (N-methyl/N-ethyl adjacent to an activating group) is 1. The zero-order chi connectivity index (χ0) is 11.0. The number of fused-ring (bicyclic) bond motifs is 1. The predicted octanol–water partition coefficient (Wildman–Crippen LogP) is -0.0422. The van der Waals surface area contributed by atoms with Crippen molar-refractivity contribution >= 4 is 11.6 Å². The van der Waals surface area contributed by atoms with Gasteiger partial charge in [0.1, 0.15) is 5.75 Å². The van der Waals surface area contributed by atoms with Crippen LogP contribution in [0, 0.1) is 0 Å². The topological polar surface area (TPSA) is 81.6 Å². The van der Waals surface area contributed by atoms with Gasteiger partial charge in [-0.1, -0.05) is 6.07 Å². The minimum atomic E-state index is -0.541. The zero-order valence-corrected chi connectivity index (χ0v) is 8.43. The molecule has 0 aromatic heterocycles. The second-order valence-electron chi connectivity index (χ2n) is 3.49. The summed E-state index contributed by atoms with van der Waals surface area (Å²) in [5, 5.41) is 0. The first kappa shape index (κ1) is 9.95. The molecule has 1 aromatic rings. The Labute approximate surface area is 87.6 Å².